The van der Waals surface area contributed by atoms with Gasteiger partial charge in [0.2, 0.25) is 0 Å². The smallest absolute Gasteiger partial charge is 0.282 e. The van der Waals surface area contributed by atoms with Crippen LogP contribution in [0.5, 0.6) is 5.88 Å². The van der Waals surface area contributed by atoms with Gasteiger partial charge in [0.25, 0.3) is 5.92 Å². The van der Waals surface area contributed by atoms with Gasteiger partial charge >= 0.3 is 0 Å². The number of hydrogen-bond acceptors (Lipinski definition) is 5. The van der Waals surface area contributed by atoms with Crippen molar-refractivity contribution in [3.05, 3.63) is 45.6 Å². The van der Waals surface area contributed by atoms with Crippen LogP contribution in [-0.4, -0.2) is 56.1 Å². The van der Waals surface area contributed by atoms with Crippen LogP contribution in [0.25, 0.3) is 11.3 Å². The molecule has 3 aliphatic heterocycles. The van der Waals surface area contributed by atoms with Gasteiger partial charge < -0.3 is 23.7 Å². The highest BCUT2D eigenvalue weighted by molar-refractivity contribution is 5.73. The van der Waals surface area contributed by atoms with Crippen LogP contribution in [0.1, 0.15) is 11.1 Å². The number of halogens is 2. The number of pyridine rings is 1. The van der Waals surface area contributed by atoms with Gasteiger partial charge in [0.1, 0.15) is 12.7 Å². The van der Waals surface area contributed by atoms with E-state index in [0.29, 0.717) is 44.4 Å². The quantitative estimate of drug-likeness (QED) is 0.764. The molecule has 0 bridgehead atoms. The van der Waals surface area contributed by atoms with E-state index in [9.17, 15) is 13.6 Å². The average Bonchev–Trinajstić information content (AvgIpc) is 2.73. The molecule has 2 saturated heterocycles. The van der Waals surface area contributed by atoms with Crippen molar-refractivity contribution < 1.29 is 23.0 Å². The Balaban J connectivity index is 1.45. The molecule has 160 valence electrons. The van der Waals surface area contributed by atoms with E-state index in [-0.39, 0.29) is 24.6 Å². The summed E-state index contributed by atoms with van der Waals surface area (Å²) in [6.07, 6.45) is 0.585. The molecule has 4 heterocycles. The Labute approximate surface area is 173 Å². The van der Waals surface area contributed by atoms with Crippen molar-refractivity contribution in [2.24, 2.45) is 0 Å². The molecule has 1 aromatic carbocycles. The van der Waals surface area contributed by atoms with Crippen LogP contribution >= 0.6 is 0 Å². The Kier molecular flexibility index (Phi) is 4.78. The van der Waals surface area contributed by atoms with Crippen LogP contribution in [0.4, 0.5) is 14.5 Å². The van der Waals surface area contributed by atoms with Crippen molar-refractivity contribution in [2.75, 3.05) is 44.4 Å². The van der Waals surface area contributed by atoms with E-state index in [1.54, 1.807) is 4.90 Å². The maximum Gasteiger partial charge on any atom is 0.282 e. The molecule has 6 nitrogen and oxygen atoms in total. The fourth-order valence-corrected chi connectivity index (χ4v) is 4.37. The lowest BCUT2D eigenvalue weighted by Crippen LogP contribution is -2.56. The first kappa shape index (κ1) is 19.5. The lowest BCUT2D eigenvalue weighted by atomic mass is 9.93. The molecule has 0 N–H and O–H groups in total. The maximum absolute atomic E-state index is 13.2. The highest BCUT2D eigenvalue weighted by atomic mass is 19.3. The molecule has 1 aromatic heterocycles. The minimum absolute atomic E-state index is 0.0867. The normalized spacial score (nSPS) is 22.1. The minimum Gasteiger partial charge on any atom is -0.476 e. The molecule has 1 unspecified atom stereocenters. The summed E-state index contributed by atoms with van der Waals surface area (Å²) in [6.45, 7) is 3.90. The summed E-state index contributed by atoms with van der Waals surface area (Å²) in [5.74, 6) is -2.09. The number of aromatic nitrogens is 1. The molecule has 30 heavy (non-hydrogen) atoms. The van der Waals surface area contributed by atoms with Crippen LogP contribution in [-0.2, 0) is 22.4 Å². The van der Waals surface area contributed by atoms with Crippen LogP contribution in [0.15, 0.2) is 29.1 Å². The molecule has 0 saturated carbocycles. The molecule has 0 radical (unpaired) electrons. The van der Waals surface area contributed by atoms with Crippen LogP contribution < -0.4 is 15.1 Å². The first-order valence-corrected chi connectivity index (χ1v) is 10.2. The van der Waals surface area contributed by atoms with E-state index >= 15 is 0 Å². The van der Waals surface area contributed by atoms with Crippen LogP contribution in [0.3, 0.4) is 0 Å². The highest BCUT2D eigenvalue weighted by Gasteiger charge is 2.44. The van der Waals surface area contributed by atoms with Crippen LogP contribution in [0.2, 0.25) is 0 Å². The SMILES string of the molecule is Cc1c2n(c(OCC3COCCO3)cc1=O)CCc1cc(N3CC(F)(F)C3)ccc1-2. The fourth-order valence-electron chi connectivity index (χ4n) is 4.37. The summed E-state index contributed by atoms with van der Waals surface area (Å²) >= 11 is 0. The van der Waals surface area contributed by atoms with Gasteiger partial charge in [-0.1, -0.05) is 6.07 Å². The summed E-state index contributed by atoms with van der Waals surface area (Å²) < 4.78 is 45.5. The number of hydrogen-bond donors (Lipinski definition) is 0. The molecular weight excluding hydrogens is 394 g/mol. The monoisotopic (exact) mass is 418 g/mol. The predicted octanol–water partition coefficient (Wildman–Crippen LogP) is 2.63. The third-order valence-corrected chi connectivity index (χ3v) is 5.98. The molecule has 0 amide bonds. The molecular formula is C22H24F2N2O4. The second-order valence-electron chi connectivity index (χ2n) is 8.15. The van der Waals surface area contributed by atoms with Crippen molar-refractivity contribution in [3.63, 3.8) is 0 Å². The molecule has 3 aliphatic rings. The van der Waals surface area contributed by atoms with Gasteiger partial charge in [0, 0.05) is 29.4 Å². The number of nitrogens with zero attached hydrogens (tertiary/aromatic N) is 2. The largest absolute Gasteiger partial charge is 0.476 e. The highest BCUT2D eigenvalue weighted by Crippen LogP contribution is 2.38. The van der Waals surface area contributed by atoms with Gasteiger partial charge in [0.05, 0.1) is 38.6 Å². The number of anilines is 1. The first-order chi connectivity index (χ1) is 14.4. The first-order valence-electron chi connectivity index (χ1n) is 10.2. The summed E-state index contributed by atoms with van der Waals surface area (Å²) in [5, 5.41) is 0. The van der Waals surface area contributed by atoms with E-state index in [4.69, 9.17) is 14.2 Å². The second-order valence-corrected chi connectivity index (χ2v) is 8.15. The van der Waals surface area contributed by atoms with E-state index in [1.165, 1.54) is 6.07 Å². The predicted molar refractivity (Wildman–Crippen MR) is 108 cm³/mol. The number of rotatable bonds is 4. The summed E-state index contributed by atoms with van der Waals surface area (Å²) in [5.41, 5.74) is 4.22. The van der Waals surface area contributed by atoms with E-state index in [1.807, 2.05) is 29.7 Å². The Morgan fingerprint density at radius 3 is 2.80 bits per heavy atom. The molecule has 1 atom stereocenters. The third-order valence-electron chi connectivity index (χ3n) is 5.98. The standard InChI is InChI=1S/C22H24F2N2O4/c1-14-19(27)9-20(30-11-17-10-28-6-7-29-17)26-5-4-15-8-16(2-3-18(15)21(14)26)25-12-22(23,24)13-25/h2-3,8-9,17H,4-7,10-13H2,1H3. The van der Waals surface area contributed by atoms with E-state index in [0.717, 1.165) is 28.9 Å². The van der Waals surface area contributed by atoms with Gasteiger partial charge in [-0.2, -0.15) is 0 Å². The Hall–Kier alpha value is -2.45. The lowest BCUT2D eigenvalue weighted by molar-refractivity contribution is -0.102. The van der Waals surface area contributed by atoms with Gasteiger partial charge in [0.15, 0.2) is 11.3 Å². The van der Waals surface area contributed by atoms with Crippen molar-refractivity contribution >= 4 is 5.69 Å². The topological polar surface area (TPSA) is 52.9 Å². The van der Waals surface area contributed by atoms with Gasteiger partial charge in [-0.15, -0.1) is 0 Å². The molecule has 0 spiro atoms. The Morgan fingerprint density at radius 2 is 2.07 bits per heavy atom. The Morgan fingerprint density at radius 1 is 1.23 bits per heavy atom. The lowest BCUT2D eigenvalue weighted by Gasteiger charge is -2.41. The molecule has 5 rings (SSSR count). The van der Waals surface area contributed by atoms with Gasteiger partial charge in [-0.05, 0) is 31.0 Å². The number of ether oxygens (including phenoxy) is 3. The summed E-state index contributed by atoms with van der Waals surface area (Å²) in [4.78, 5) is 14.3. The van der Waals surface area contributed by atoms with Gasteiger partial charge in [-0.25, -0.2) is 8.78 Å². The number of alkyl halides is 2. The third kappa shape index (κ3) is 3.48. The zero-order chi connectivity index (χ0) is 20.9. The zero-order valence-corrected chi connectivity index (χ0v) is 16.8. The number of fused-ring (bicyclic) bond motifs is 3. The number of aryl methyl sites for hydroxylation is 1. The molecule has 2 aromatic rings. The van der Waals surface area contributed by atoms with E-state index in [2.05, 4.69) is 0 Å². The van der Waals surface area contributed by atoms with Crippen molar-refractivity contribution in [2.45, 2.75) is 31.9 Å². The van der Waals surface area contributed by atoms with Crippen molar-refractivity contribution in [1.82, 2.24) is 4.57 Å². The fraction of sp³-hybridized carbons (Fsp3) is 0.500. The van der Waals surface area contributed by atoms with E-state index < -0.39 is 5.92 Å². The maximum atomic E-state index is 13.2. The number of benzene rings is 1. The zero-order valence-electron chi connectivity index (χ0n) is 16.8. The Bertz CT molecular complexity index is 1020. The van der Waals surface area contributed by atoms with Crippen LogP contribution in [0, 0.1) is 6.92 Å². The van der Waals surface area contributed by atoms with Crippen molar-refractivity contribution in [1.29, 1.82) is 0 Å². The summed E-state index contributed by atoms with van der Waals surface area (Å²) in [7, 11) is 0. The summed E-state index contributed by atoms with van der Waals surface area (Å²) in [6, 6.07) is 7.29. The van der Waals surface area contributed by atoms with Gasteiger partial charge in [-0.3, -0.25) is 4.79 Å². The molecule has 8 heteroatoms. The molecule has 0 aliphatic carbocycles. The van der Waals surface area contributed by atoms with Crippen molar-refractivity contribution in [3.8, 4) is 17.1 Å². The molecule has 2 fully saturated rings. The second kappa shape index (κ2) is 7.35. The average molecular weight is 418 g/mol. The minimum atomic E-state index is -2.61.